The summed E-state index contributed by atoms with van der Waals surface area (Å²) in [5, 5.41) is 3.43. The molecule has 2 heterocycles. The van der Waals surface area contributed by atoms with E-state index in [1.165, 1.54) is 21.7 Å². The number of hydrogen-bond donors (Lipinski definition) is 1. The summed E-state index contributed by atoms with van der Waals surface area (Å²) in [5.41, 5.74) is 2.21. The molecule has 108 valence electrons. The molecule has 0 amide bonds. The number of aryl methyl sites for hydroxylation is 2. The van der Waals surface area contributed by atoms with Crippen molar-refractivity contribution in [2.45, 2.75) is 40.3 Å². The van der Waals surface area contributed by atoms with Crippen molar-refractivity contribution in [3.63, 3.8) is 0 Å². The van der Waals surface area contributed by atoms with E-state index in [1.54, 1.807) is 6.20 Å². The molecule has 0 aliphatic rings. The minimum absolute atomic E-state index is 0.614. The summed E-state index contributed by atoms with van der Waals surface area (Å²) in [7, 11) is 0. The van der Waals surface area contributed by atoms with Gasteiger partial charge in [-0.2, -0.15) is 0 Å². The molecule has 1 N–H and O–H groups in total. The fraction of sp³-hybridized carbons (Fsp3) is 0.438. The van der Waals surface area contributed by atoms with Crippen LogP contribution >= 0.6 is 11.3 Å². The van der Waals surface area contributed by atoms with E-state index in [0.717, 1.165) is 24.5 Å². The highest BCUT2D eigenvalue weighted by Crippen LogP contribution is 2.24. The number of pyridine rings is 1. The summed E-state index contributed by atoms with van der Waals surface area (Å²) >= 11 is 1.85. The first kappa shape index (κ1) is 15.0. The fourth-order valence-electron chi connectivity index (χ4n) is 1.98. The first-order valence-corrected chi connectivity index (χ1v) is 7.85. The van der Waals surface area contributed by atoms with E-state index < -0.39 is 0 Å². The second-order valence-corrected chi connectivity index (χ2v) is 6.19. The predicted octanol–water partition coefficient (Wildman–Crippen LogP) is 3.84. The maximum atomic E-state index is 5.87. The average Bonchev–Trinajstić information content (AvgIpc) is 2.79. The van der Waals surface area contributed by atoms with Gasteiger partial charge in [-0.05, 0) is 45.0 Å². The van der Waals surface area contributed by atoms with Crippen LogP contribution in [0.25, 0.3) is 0 Å². The molecular formula is C16H22N2OS. The van der Waals surface area contributed by atoms with Gasteiger partial charge in [-0.3, -0.25) is 4.98 Å². The van der Waals surface area contributed by atoms with Crippen LogP contribution in [0.3, 0.4) is 0 Å². The van der Waals surface area contributed by atoms with Crippen LogP contribution in [0.4, 0.5) is 0 Å². The van der Waals surface area contributed by atoms with E-state index in [4.69, 9.17) is 4.74 Å². The third-order valence-electron chi connectivity index (χ3n) is 3.14. The van der Waals surface area contributed by atoms with Crippen molar-refractivity contribution in [3.05, 3.63) is 45.4 Å². The number of hydrogen-bond acceptors (Lipinski definition) is 4. The van der Waals surface area contributed by atoms with Crippen LogP contribution in [-0.2, 0) is 13.2 Å². The Balaban J connectivity index is 1.94. The molecule has 0 bridgehead atoms. The summed E-state index contributed by atoms with van der Waals surface area (Å²) in [4.78, 5) is 6.94. The van der Waals surface area contributed by atoms with Gasteiger partial charge in [0.1, 0.15) is 12.4 Å². The Morgan fingerprint density at radius 2 is 2.20 bits per heavy atom. The fourth-order valence-corrected chi connectivity index (χ4v) is 3.00. The number of ether oxygens (including phenoxy) is 1. The Morgan fingerprint density at radius 3 is 2.95 bits per heavy atom. The highest BCUT2D eigenvalue weighted by atomic mass is 32.1. The summed E-state index contributed by atoms with van der Waals surface area (Å²) < 4.78 is 5.87. The minimum atomic E-state index is 0.614. The summed E-state index contributed by atoms with van der Waals surface area (Å²) in [6.45, 7) is 8.94. The number of aromatic nitrogens is 1. The second kappa shape index (κ2) is 7.41. The smallest absolute Gasteiger partial charge is 0.141 e. The van der Waals surface area contributed by atoms with Crippen LogP contribution in [0.5, 0.6) is 5.75 Å². The normalized spacial score (nSPS) is 10.8. The van der Waals surface area contributed by atoms with Gasteiger partial charge in [0.05, 0.1) is 5.69 Å². The SMILES string of the molecule is CCCNCc1cc(COc2cccnc2C)c(C)s1. The van der Waals surface area contributed by atoms with E-state index >= 15 is 0 Å². The first-order valence-electron chi connectivity index (χ1n) is 7.04. The standard InChI is InChI=1S/C16H22N2OS/c1-4-7-17-10-15-9-14(13(3)20-15)11-19-16-6-5-8-18-12(16)2/h5-6,8-9,17H,4,7,10-11H2,1-3H3. The Bertz CT molecular complexity index is 551. The van der Waals surface area contributed by atoms with Crippen molar-refractivity contribution in [2.75, 3.05) is 6.54 Å². The van der Waals surface area contributed by atoms with Gasteiger partial charge in [0.25, 0.3) is 0 Å². The molecule has 0 saturated heterocycles. The Labute approximate surface area is 125 Å². The van der Waals surface area contributed by atoms with Crippen molar-refractivity contribution in [1.82, 2.24) is 10.3 Å². The number of nitrogens with zero attached hydrogens (tertiary/aromatic N) is 1. The van der Waals surface area contributed by atoms with E-state index in [1.807, 2.05) is 30.4 Å². The van der Waals surface area contributed by atoms with E-state index in [9.17, 15) is 0 Å². The van der Waals surface area contributed by atoms with Crippen LogP contribution in [-0.4, -0.2) is 11.5 Å². The molecule has 0 unspecified atom stereocenters. The average molecular weight is 290 g/mol. The lowest BCUT2D eigenvalue weighted by Crippen LogP contribution is -2.12. The topological polar surface area (TPSA) is 34.1 Å². The lowest BCUT2D eigenvalue weighted by atomic mass is 10.2. The third kappa shape index (κ3) is 4.05. The molecule has 0 saturated carbocycles. The molecule has 20 heavy (non-hydrogen) atoms. The van der Waals surface area contributed by atoms with Crippen molar-refractivity contribution >= 4 is 11.3 Å². The quantitative estimate of drug-likeness (QED) is 0.787. The lowest BCUT2D eigenvalue weighted by Gasteiger charge is -2.07. The van der Waals surface area contributed by atoms with Gasteiger partial charge in [0, 0.05) is 28.1 Å². The lowest BCUT2D eigenvalue weighted by molar-refractivity contribution is 0.302. The zero-order valence-corrected chi connectivity index (χ0v) is 13.2. The van der Waals surface area contributed by atoms with E-state index in [-0.39, 0.29) is 0 Å². The first-order chi connectivity index (χ1) is 9.70. The second-order valence-electron chi connectivity index (χ2n) is 4.85. The van der Waals surface area contributed by atoms with E-state index in [2.05, 4.69) is 30.2 Å². The van der Waals surface area contributed by atoms with Crippen LogP contribution < -0.4 is 10.1 Å². The Kier molecular flexibility index (Phi) is 5.56. The molecule has 0 fully saturated rings. The molecule has 0 atom stereocenters. The highest BCUT2D eigenvalue weighted by molar-refractivity contribution is 7.12. The monoisotopic (exact) mass is 290 g/mol. The van der Waals surface area contributed by atoms with Crippen molar-refractivity contribution < 1.29 is 4.74 Å². The van der Waals surface area contributed by atoms with Crippen LogP contribution in [0.15, 0.2) is 24.4 Å². The molecule has 2 rings (SSSR count). The van der Waals surface area contributed by atoms with Crippen molar-refractivity contribution in [3.8, 4) is 5.75 Å². The molecule has 2 aromatic rings. The van der Waals surface area contributed by atoms with Gasteiger partial charge in [-0.15, -0.1) is 11.3 Å². The number of nitrogens with one attached hydrogen (secondary N) is 1. The molecule has 0 radical (unpaired) electrons. The van der Waals surface area contributed by atoms with Gasteiger partial charge in [0.15, 0.2) is 0 Å². The summed E-state index contributed by atoms with van der Waals surface area (Å²) in [5.74, 6) is 0.865. The van der Waals surface area contributed by atoms with Gasteiger partial charge in [-0.25, -0.2) is 0 Å². The summed E-state index contributed by atoms with van der Waals surface area (Å²) in [6.07, 6.45) is 2.95. The molecule has 0 aliphatic carbocycles. The highest BCUT2D eigenvalue weighted by Gasteiger charge is 2.07. The number of rotatable bonds is 7. The zero-order chi connectivity index (χ0) is 14.4. The minimum Gasteiger partial charge on any atom is -0.487 e. The molecule has 2 aromatic heterocycles. The van der Waals surface area contributed by atoms with Crippen molar-refractivity contribution in [2.24, 2.45) is 0 Å². The largest absolute Gasteiger partial charge is 0.487 e. The molecule has 4 heteroatoms. The molecular weight excluding hydrogens is 268 g/mol. The van der Waals surface area contributed by atoms with Gasteiger partial charge in [0.2, 0.25) is 0 Å². The molecule has 3 nitrogen and oxygen atoms in total. The van der Waals surface area contributed by atoms with Crippen LogP contribution in [0, 0.1) is 13.8 Å². The van der Waals surface area contributed by atoms with Gasteiger partial charge in [-0.1, -0.05) is 6.92 Å². The molecule has 0 spiro atoms. The van der Waals surface area contributed by atoms with Crippen LogP contribution in [0.1, 0.15) is 34.4 Å². The third-order valence-corrected chi connectivity index (χ3v) is 4.23. The molecule has 0 aliphatic heterocycles. The van der Waals surface area contributed by atoms with Gasteiger partial charge >= 0.3 is 0 Å². The predicted molar refractivity (Wildman–Crippen MR) is 84.4 cm³/mol. The zero-order valence-electron chi connectivity index (χ0n) is 12.4. The summed E-state index contributed by atoms with van der Waals surface area (Å²) in [6, 6.07) is 6.12. The van der Waals surface area contributed by atoms with Crippen LogP contribution in [0.2, 0.25) is 0 Å². The van der Waals surface area contributed by atoms with Crippen molar-refractivity contribution in [1.29, 1.82) is 0 Å². The Morgan fingerprint density at radius 1 is 1.35 bits per heavy atom. The van der Waals surface area contributed by atoms with E-state index in [0.29, 0.717) is 6.61 Å². The molecule has 0 aromatic carbocycles. The maximum Gasteiger partial charge on any atom is 0.141 e. The maximum absolute atomic E-state index is 5.87. The number of thiophene rings is 1. The van der Waals surface area contributed by atoms with Gasteiger partial charge < -0.3 is 10.1 Å². The Hall–Kier alpha value is -1.39.